The first kappa shape index (κ1) is 12.7. The van der Waals surface area contributed by atoms with Crippen LogP contribution >= 0.6 is 0 Å². The summed E-state index contributed by atoms with van der Waals surface area (Å²) in [5.74, 6) is 0. The van der Waals surface area contributed by atoms with E-state index in [0.29, 0.717) is 0 Å². The lowest BCUT2D eigenvalue weighted by Crippen LogP contribution is -1.99. The maximum absolute atomic E-state index is 2.75. The molecule has 0 atom stereocenters. The molecule has 0 radical (unpaired) electrons. The van der Waals surface area contributed by atoms with Crippen molar-refractivity contribution < 1.29 is 0 Å². The Balaban J connectivity index is 0.000000386. The summed E-state index contributed by atoms with van der Waals surface area (Å²) in [7, 11) is 3.75. The van der Waals surface area contributed by atoms with Crippen molar-refractivity contribution in [1.82, 2.24) is 5.32 Å². The van der Waals surface area contributed by atoms with Crippen molar-refractivity contribution in [2.45, 2.75) is 20.3 Å². The van der Waals surface area contributed by atoms with Crippen LogP contribution in [-0.2, 0) is 6.42 Å². The van der Waals surface area contributed by atoms with E-state index in [-0.39, 0.29) is 0 Å². The molecular formula is C15H21N. The molecule has 16 heavy (non-hydrogen) atoms. The second kappa shape index (κ2) is 6.29. The number of benzene rings is 1. The van der Waals surface area contributed by atoms with Gasteiger partial charge in [0.05, 0.1) is 0 Å². The van der Waals surface area contributed by atoms with Crippen molar-refractivity contribution in [1.29, 1.82) is 0 Å². The summed E-state index contributed by atoms with van der Waals surface area (Å²) in [5.41, 5.74) is 5.69. The van der Waals surface area contributed by atoms with Crippen molar-refractivity contribution in [2.75, 3.05) is 14.1 Å². The molecule has 0 bridgehead atoms. The van der Waals surface area contributed by atoms with Gasteiger partial charge in [0, 0.05) is 0 Å². The predicted octanol–water partition coefficient (Wildman–Crippen LogP) is 3.35. The van der Waals surface area contributed by atoms with Gasteiger partial charge in [-0.15, -0.1) is 0 Å². The smallest absolute Gasteiger partial charge is 0.00205 e. The van der Waals surface area contributed by atoms with E-state index >= 15 is 0 Å². The van der Waals surface area contributed by atoms with Crippen LogP contribution in [0.15, 0.2) is 35.9 Å². The van der Waals surface area contributed by atoms with Gasteiger partial charge in [-0.05, 0) is 56.6 Å². The largest absolute Gasteiger partial charge is 0.323 e. The molecule has 0 saturated carbocycles. The predicted molar refractivity (Wildman–Crippen MR) is 72.7 cm³/mol. The van der Waals surface area contributed by atoms with Crippen molar-refractivity contribution >= 4 is 6.08 Å². The van der Waals surface area contributed by atoms with Crippen LogP contribution in [0.4, 0.5) is 0 Å². The van der Waals surface area contributed by atoms with E-state index in [2.05, 4.69) is 55.6 Å². The fourth-order valence-corrected chi connectivity index (χ4v) is 1.78. The van der Waals surface area contributed by atoms with Crippen molar-refractivity contribution in [3.8, 4) is 0 Å². The lowest BCUT2D eigenvalue weighted by atomic mass is 9.90. The van der Waals surface area contributed by atoms with Crippen molar-refractivity contribution in [3.05, 3.63) is 52.6 Å². The van der Waals surface area contributed by atoms with Crippen LogP contribution in [0.1, 0.15) is 23.6 Å². The zero-order chi connectivity index (χ0) is 12.0. The number of fused-ring (bicyclic) bond motifs is 1. The summed E-state index contributed by atoms with van der Waals surface area (Å²) in [5, 5.41) is 2.75. The minimum absolute atomic E-state index is 1.09. The summed E-state index contributed by atoms with van der Waals surface area (Å²) in [4.78, 5) is 0. The van der Waals surface area contributed by atoms with E-state index in [9.17, 15) is 0 Å². The van der Waals surface area contributed by atoms with Crippen molar-refractivity contribution in [2.24, 2.45) is 0 Å². The van der Waals surface area contributed by atoms with Gasteiger partial charge in [-0.2, -0.15) is 0 Å². The molecule has 2 rings (SSSR count). The molecule has 1 nitrogen and oxygen atoms in total. The summed E-state index contributed by atoms with van der Waals surface area (Å²) in [6.07, 6.45) is 7.70. The van der Waals surface area contributed by atoms with Crippen LogP contribution in [0, 0.1) is 6.92 Å². The quantitative estimate of drug-likeness (QED) is 0.700. The third kappa shape index (κ3) is 3.07. The molecule has 86 valence electrons. The average molecular weight is 215 g/mol. The van der Waals surface area contributed by atoms with Gasteiger partial charge in [0.25, 0.3) is 0 Å². The van der Waals surface area contributed by atoms with Crippen LogP contribution in [0.2, 0.25) is 0 Å². The highest BCUT2D eigenvalue weighted by Crippen LogP contribution is 2.24. The van der Waals surface area contributed by atoms with Crippen LogP contribution < -0.4 is 5.32 Å². The molecule has 1 aliphatic rings. The van der Waals surface area contributed by atoms with Gasteiger partial charge >= 0.3 is 0 Å². The summed E-state index contributed by atoms with van der Waals surface area (Å²) >= 11 is 0. The number of rotatable bonds is 0. The maximum Gasteiger partial charge on any atom is -0.00205 e. The summed E-state index contributed by atoms with van der Waals surface area (Å²) < 4.78 is 0. The van der Waals surface area contributed by atoms with E-state index in [4.69, 9.17) is 0 Å². The number of aryl methyl sites for hydroxylation is 1. The molecule has 0 aromatic heterocycles. The third-order valence-electron chi connectivity index (χ3n) is 2.68. The van der Waals surface area contributed by atoms with E-state index in [1.807, 2.05) is 14.1 Å². The van der Waals surface area contributed by atoms with E-state index in [1.54, 1.807) is 0 Å². The molecule has 0 saturated heterocycles. The standard InChI is InChI=1S/C13H14.C2H7N/c1-3-11-7-8-12-6-4-5-10(2)13(12)9-11;1-3-2/h3-8H,9H2,1-2H3;3H,1-2H3/b11-3-;. The van der Waals surface area contributed by atoms with Gasteiger partial charge in [-0.1, -0.05) is 36.4 Å². The second-order valence-electron chi connectivity index (χ2n) is 4.02. The van der Waals surface area contributed by atoms with Gasteiger partial charge in [-0.25, -0.2) is 0 Å². The maximum atomic E-state index is 2.75. The number of hydrogen-bond donors (Lipinski definition) is 1. The lowest BCUT2D eigenvalue weighted by Gasteiger charge is -2.14. The van der Waals surface area contributed by atoms with Gasteiger partial charge in [0.1, 0.15) is 0 Å². The Bertz CT molecular complexity index is 400. The topological polar surface area (TPSA) is 12.0 Å². The lowest BCUT2D eigenvalue weighted by molar-refractivity contribution is 1.02. The van der Waals surface area contributed by atoms with E-state index < -0.39 is 0 Å². The zero-order valence-corrected chi connectivity index (χ0v) is 10.7. The minimum Gasteiger partial charge on any atom is -0.323 e. The number of allylic oxidation sites excluding steroid dienone is 3. The zero-order valence-electron chi connectivity index (χ0n) is 10.7. The Morgan fingerprint density at radius 1 is 1.19 bits per heavy atom. The number of hydrogen-bond acceptors (Lipinski definition) is 1. The summed E-state index contributed by atoms with van der Waals surface area (Å²) in [6, 6.07) is 6.50. The Morgan fingerprint density at radius 2 is 1.88 bits per heavy atom. The van der Waals surface area contributed by atoms with Crippen LogP contribution in [0.25, 0.3) is 6.08 Å². The van der Waals surface area contributed by atoms with Gasteiger partial charge in [0.2, 0.25) is 0 Å². The molecule has 0 spiro atoms. The molecule has 0 fully saturated rings. The van der Waals surface area contributed by atoms with Crippen LogP contribution in [0.5, 0.6) is 0 Å². The highest BCUT2D eigenvalue weighted by atomic mass is 14.7. The molecule has 0 unspecified atom stereocenters. The van der Waals surface area contributed by atoms with E-state index in [0.717, 1.165) is 6.42 Å². The van der Waals surface area contributed by atoms with Gasteiger partial charge < -0.3 is 5.32 Å². The molecule has 1 heteroatoms. The first-order valence-electron chi connectivity index (χ1n) is 5.73. The highest BCUT2D eigenvalue weighted by Gasteiger charge is 2.08. The van der Waals surface area contributed by atoms with Crippen LogP contribution in [-0.4, -0.2) is 14.1 Å². The molecule has 1 N–H and O–H groups in total. The molecule has 1 aliphatic carbocycles. The van der Waals surface area contributed by atoms with Gasteiger partial charge in [0.15, 0.2) is 0 Å². The van der Waals surface area contributed by atoms with Crippen molar-refractivity contribution in [3.63, 3.8) is 0 Å². The minimum atomic E-state index is 1.09. The Labute approximate surface area is 98.9 Å². The van der Waals surface area contributed by atoms with Crippen LogP contribution in [0.3, 0.4) is 0 Å². The average Bonchev–Trinajstić information content (AvgIpc) is 2.30. The third-order valence-corrected chi connectivity index (χ3v) is 2.68. The molecular weight excluding hydrogens is 194 g/mol. The fraction of sp³-hybridized carbons (Fsp3) is 0.333. The second-order valence-corrected chi connectivity index (χ2v) is 4.02. The van der Waals surface area contributed by atoms with Gasteiger partial charge in [-0.3, -0.25) is 0 Å². The number of nitrogens with one attached hydrogen (secondary N) is 1. The Hall–Kier alpha value is -1.34. The molecule has 0 amide bonds. The SMILES string of the molecule is C/C=C1/C=Cc2cccc(C)c2C1.CNC. The summed E-state index contributed by atoms with van der Waals surface area (Å²) in [6.45, 7) is 4.29. The first-order valence-corrected chi connectivity index (χ1v) is 5.73. The molecule has 0 aliphatic heterocycles. The highest BCUT2D eigenvalue weighted by molar-refractivity contribution is 5.63. The molecule has 0 heterocycles. The molecule has 1 aromatic rings. The Kier molecular flexibility index (Phi) is 5.00. The van der Waals surface area contributed by atoms with E-state index in [1.165, 1.54) is 22.3 Å². The normalized spacial score (nSPS) is 15.4. The monoisotopic (exact) mass is 215 g/mol. The first-order chi connectivity index (χ1) is 7.72. The Morgan fingerprint density at radius 3 is 2.50 bits per heavy atom. The molecule has 1 aromatic carbocycles. The fourth-order valence-electron chi connectivity index (χ4n) is 1.78.